The SMILES string of the molecule is Cc1ccc(F)c(CNc2cccc(F)c2C#N)c1. The minimum absolute atomic E-state index is 0.0597. The van der Waals surface area contributed by atoms with Gasteiger partial charge in [0.2, 0.25) is 0 Å². The Kier molecular flexibility index (Phi) is 3.76. The first-order chi connectivity index (χ1) is 9.11. The van der Waals surface area contributed by atoms with Crippen LogP contribution in [0, 0.1) is 29.9 Å². The quantitative estimate of drug-likeness (QED) is 0.909. The molecule has 0 unspecified atom stereocenters. The second-order valence-corrected chi connectivity index (χ2v) is 4.22. The molecule has 96 valence electrons. The van der Waals surface area contributed by atoms with Crippen LogP contribution in [0.2, 0.25) is 0 Å². The molecular weight excluding hydrogens is 246 g/mol. The van der Waals surface area contributed by atoms with E-state index in [2.05, 4.69) is 5.32 Å². The molecule has 0 radical (unpaired) electrons. The van der Waals surface area contributed by atoms with Crippen molar-refractivity contribution in [3.63, 3.8) is 0 Å². The van der Waals surface area contributed by atoms with Crippen molar-refractivity contribution in [1.29, 1.82) is 5.26 Å². The average Bonchev–Trinajstić information content (AvgIpc) is 2.40. The van der Waals surface area contributed by atoms with Crippen molar-refractivity contribution in [3.05, 3.63) is 64.7 Å². The number of hydrogen-bond acceptors (Lipinski definition) is 2. The molecule has 0 saturated carbocycles. The van der Waals surface area contributed by atoms with E-state index in [9.17, 15) is 8.78 Å². The normalized spacial score (nSPS) is 10.0. The van der Waals surface area contributed by atoms with Gasteiger partial charge in [0.25, 0.3) is 0 Å². The Morgan fingerprint density at radius 2 is 1.95 bits per heavy atom. The number of halogens is 2. The van der Waals surface area contributed by atoms with Gasteiger partial charge in [0, 0.05) is 12.1 Å². The largest absolute Gasteiger partial charge is 0.380 e. The summed E-state index contributed by atoms with van der Waals surface area (Å²) in [6.45, 7) is 2.07. The molecular formula is C15H12F2N2. The molecule has 0 aliphatic heterocycles. The Balaban J connectivity index is 2.22. The van der Waals surface area contributed by atoms with Gasteiger partial charge in [0.15, 0.2) is 0 Å². The molecule has 0 bridgehead atoms. The van der Waals surface area contributed by atoms with Crippen molar-refractivity contribution in [2.75, 3.05) is 5.32 Å². The van der Waals surface area contributed by atoms with E-state index in [-0.39, 0.29) is 17.9 Å². The molecule has 2 nitrogen and oxygen atoms in total. The topological polar surface area (TPSA) is 35.8 Å². The first-order valence-corrected chi connectivity index (χ1v) is 5.79. The van der Waals surface area contributed by atoms with Gasteiger partial charge in [-0.05, 0) is 25.1 Å². The molecule has 0 heterocycles. The van der Waals surface area contributed by atoms with Gasteiger partial charge < -0.3 is 5.32 Å². The Labute approximate surface area is 110 Å². The monoisotopic (exact) mass is 258 g/mol. The van der Waals surface area contributed by atoms with Crippen LogP contribution in [0.3, 0.4) is 0 Å². The molecule has 0 spiro atoms. The van der Waals surface area contributed by atoms with Crippen molar-refractivity contribution >= 4 is 5.69 Å². The van der Waals surface area contributed by atoms with Crippen molar-refractivity contribution in [1.82, 2.24) is 0 Å². The third kappa shape index (κ3) is 2.89. The lowest BCUT2D eigenvalue weighted by Gasteiger charge is -2.10. The summed E-state index contributed by atoms with van der Waals surface area (Å²) in [7, 11) is 0. The van der Waals surface area contributed by atoms with Gasteiger partial charge >= 0.3 is 0 Å². The minimum Gasteiger partial charge on any atom is -0.380 e. The summed E-state index contributed by atoms with van der Waals surface area (Å²) < 4.78 is 26.9. The van der Waals surface area contributed by atoms with E-state index in [1.807, 2.05) is 6.92 Å². The molecule has 0 aromatic heterocycles. The fraction of sp³-hybridized carbons (Fsp3) is 0.133. The summed E-state index contributed by atoms with van der Waals surface area (Å²) in [5.41, 5.74) is 1.73. The first-order valence-electron chi connectivity index (χ1n) is 5.79. The Morgan fingerprint density at radius 3 is 2.68 bits per heavy atom. The maximum Gasteiger partial charge on any atom is 0.143 e. The fourth-order valence-corrected chi connectivity index (χ4v) is 1.81. The fourth-order valence-electron chi connectivity index (χ4n) is 1.81. The van der Waals surface area contributed by atoms with Crippen LogP contribution in [-0.4, -0.2) is 0 Å². The van der Waals surface area contributed by atoms with Gasteiger partial charge in [-0.25, -0.2) is 8.78 Å². The van der Waals surface area contributed by atoms with E-state index in [1.165, 1.54) is 18.2 Å². The van der Waals surface area contributed by atoms with Crippen LogP contribution in [0.5, 0.6) is 0 Å². The van der Waals surface area contributed by atoms with E-state index in [0.717, 1.165) is 5.56 Å². The number of anilines is 1. The number of nitriles is 1. The van der Waals surface area contributed by atoms with Gasteiger partial charge in [-0.1, -0.05) is 23.8 Å². The highest BCUT2D eigenvalue weighted by Crippen LogP contribution is 2.19. The summed E-state index contributed by atoms with van der Waals surface area (Å²) in [4.78, 5) is 0. The van der Waals surface area contributed by atoms with Crippen molar-refractivity contribution < 1.29 is 8.78 Å². The zero-order chi connectivity index (χ0) is 13.8. The molecule has 0 aliphatic carbocycles. The lowest BCUT2D eigenvalue weighted by molar-refractivity contribution is 0.612. The maximum atomic E-state index is 13.6. The van der Waals surface area contributed by atoms with E-state index in [0.29, 0.717) is 11.3 Å². The smallest absolute Gasteiger partial charge is 0.143 e. The summed E-state index contributed by atoms with van der Waals surface area (Å²) in [6.07, 6.45) is 0. The number of rotatable bonds is 3. The molecule has 2 rings (SSSR count). The molecule has 2 aromatic rings. The predicted molar refractivity (Wildman–Crippen MR) is 69.6 cm³/mol. The molecule has 0 fully saturated rings. The summed E-state index contributed by atoms with van der Waals surface area (Å²) in [5, 5.41) is 11.8. The highest BCUT2D eigenvalue weighted by Gasteiger charge is 2.08. The molecule has 19 heavy (non-hydrogen) atoms. The van der Waals surface area contributed by atoms with Crippen molar-refractivity contribution in [3.8, 4) is 6.07 Å². The van der Waals surface area contributed by atoms with Crippen LogP contribution in [0.1, 0.15) is 16.7 Å². The van der Waals surface area contributed by atoms with E-state index in [4.69, 9.17) is 5.26 Å². The standard InChI is InChI=1S/C15H12F2N2/c1-10-5-6-13(16)11(7-10)9-19-15-4-2-3-14(17)12(15)8-18/h2-7,19H,9H2,1H3. The van der Waals surface area contributed by atoms with E-state index < -0.39 is 5.82 Å². The molecule has 0 aliphatic rings. The number of hydrogen-bond donors (Lipinski definition) is 1. The molecule has 4 heteroatoms. The lowest BCUT2D eigenvalue weighted by atomic mass is 10.1. The van der Waals surface area contributed by atoms with Gasteiger partial charge in [-0.15, -0.1) is 0 Å². The zero-order valence-corrected chi connectivity index (χ0v) is 10.4. The van der Waals surface area contributed by atoms with Gasteiger partial charge in [0.1, 0.15) is 23.3 Å². The van der Waals surface area contributed by atoms with Crippen LogP contribution >= 0.6 is 0 Å². The highest BCUT2D eigenvalue weighted by atomic mass is 19.1. The number of nitrogens with zero attached hydrogens (tertiary/aromatic N) is 1. The van der Waals surface area contributed by atoms with Gasteiger partial charge in [0.05, 0.1) is 5.69 Å². The van der Waals surface area contributed by atoms with Crippen molar-refractivity contribution in [2.45, 2.75) is 13.5 Å². The first kappa shape index (κ1) is 13.0. The van der Waals surface area contributed by atoms with Crippen LogP contribution < -0.4 is 5.32 Å². The van der Waals surface area contributed by atoms with Crippen LogP contribution in [0.15, 0.2) is 36.4 Å². The number of aryl methyl sites for hydroxylation is 1. The second kappa shape index (κ2) is 5.49. The van der Waals surface area contributed by atoms with Crippen LogP contribution in [0.25, 0.3) is 0 Å². The zero-order valence-electron chi connectivity index (χ0n) is 10.4. The maximum absolute atomic E-state index is 13.6. The highest BCUT2D eigenvalue weighted by molar-refractivity contribution is 5.58. The lowest BCUT2D eigenvalue weighted by Crippen LogP contribution is -2.04. The predicted octanol–water partition coefficient (Wildman–Crippen LogP) is 3.76. The average molecular weight is 258 g/mol. The Hall–Kier alpha value is -2.41. The summed E-state index contributed by atoms with van der Waals surface area (Å²) in [5.74, 6) is -0.912. The number of benzene rings is 2. The number of nitrogens with one attached hydrogen (secondary N) is 1. The molecule has 0 amide bonds. The van der Waals surface area contributed by atoms with Crippen LogP contribution in [-0.2, 0) is 6.54 Å². The molecule has 0 atom stereocenters. The van der Waals surface area contributed by atoms with Crippen molar-refractivity contribution in [2.24, 2.45) is 0 Å². The molecule has 2 aromatic carbocycles. The molecule has 1 N–H and O–H groups in total. The minimum atomic E-state index is -0.586. The Morgan fingerprint density at radius 1 is 1.16 bits per heavy atom. The second-order valence-electron chi connectivity index (χ2n) is 4.22. The summed E-state index contributed by atoms with van der Waals surface area (Å²) in [6, 6.07) is 10.9. The van der Waals surface area contributed by atoms with Gasteiger partial charge in [-0.3, -0.25) is 0 Å². The molecule has 0 saturated heterocycles. The van der Waals surface area contributed by atoms with E-state index in [1.54, 1.807) is 24.3 Å². The van der Waals surface area contributed by atoms with E-state index >= 15 is 0 Å². The third-order valence-electron chi connectivity index (χ3n) is 2.80. The third-order valence-corrected chi connectivity index (χ3v) is 2.80. The van der Waals surface area contributed by atoms with Gasteiger partial charge in [-0.2, -0.15) is 5.26 Å². The summed E-state index contributed by atoms with van der Waals surface area (Å²) >= 11 is 0. The Bertz CT molecular complexity index is 645. The van der Waals surface area contributed by atoms with Crippen LogP contribution in [0.4, 0.5) is 14.5 Å².